The second-order valence-corrected chi connectivity index (χ2v) is 9.36. The van der Waals surface area contributed by atoms with E-state index in [4.69, 9.17) is 21.3 Å². The molecule has 1 aromatic heterocycles. The summed E-state index contributed by atoms with van der Waals surface area (Å²) in [5.41, 5.74) is 1.27. The van der Waals surface area contributed by atoms with Crippen molar-refractivity contribution in [2.24, 2.45) is 7.05 Å². The van der Waals surface area contributed by atoms with Gasteiger partial charge in [0.15, 0.2) is 0 Å². The van der Waals surface area contributed by atoms with Gasteiger partial charge < -0.3 is 14.0 Å². The van der Waals surface area contributed by atoms with Gasteiger partial charge in [0.2, 0.25) is 0 Å². The first-order valence-electron chi connectivity index (χ1n) is 7.11. The van der Waals surface area contributed by atoms with E-state index in [0.717, 1.165) is 52.6 Å². The van der Waals surface area contributed by atoms with Crippen molar-refractivity contribution in [2.45, 2.75) is 0 Å². The topological polar surface area (TPSA) is 29.9 Å². The van der Waals surface area contributed by atoms with Gasteiger partial charge in [-0.15, -0.1) is 0 Å². The maximum atomic E-state index is 6.28. The van der Waals surface area contributed by atoms with Gasteiger partial charge in [0, 0.05) is 39.4 Å². The van der Waals surface area contributed by atoms with Crippen LogP contribution in [0.2, 0.25) is 0 Å². The molecule has 2 aliphatic heterocycles. The van der Waals surface area contributed by atoms with Crippen LogP contribution in [-0.2, 0) is 28.3 Å². The normalized spacial score (nSPS) is 23.1. The molecule has 7 heteroatoms. The molecule has 3 rings (SSSR count). The molecule has 112 valence electrons. The highest BCUT2D eigenvalue weighted by Crippen LogP contribution is 2.52. The number of ether oxygens (including phenoxy) is 2. The van der Waals surface area contributed by atoms with Crippen molar-refractivity contribution >= 4 is 23.6 Å². The van der Waals surface area contributed by atoms with E-state index < -0.39 is 6.34 Å². The van der Waals surface area contributed by atoms with E-state index in [0.29, 0.717) is 0 Å². The van der Waals surface area contributed by atoms with E-state index in [2.05, 4.69) is 39.3 Å². The third-order valence-corrected chi connectivity index (χ3v) is 9.30. The predicted molar refractivity (Wildman–Crippen MR) is 84.1 cm³/mol. The summed E-state index contributed by atoms with van der Waals surface area (Å²) in [5.74, 6) is 0. The van der Waals surface area contributed by atoms with Crippen LogP contribution < -0.4 is 5.44 Å². The van der Waals surface area contributed by atoms with Crippen molar-refractivity contribution in [1.29, 1.82) is 0 Å². The zero-order valence-electron chi connectivity index (χ0n) is 11.9. The molecular formula is C13H22N3O2PS. The fourth-order valence-corrected chi connectivity index (χ4v) is 7.53. The molecule has 20 heavy (non-hydrogen) atoms. The molecule has 0 bridgehead atoms. The van der Waals surface area contributed by atoms with Gasteiger partial charge in [-0.3, -0.25) is 9.34 Å². The number of hydrogen-bond donors (Lipinski definition) is 0. The summed E-state index contributed by atoms with van der Waals surface area (Å²) in [6.07, 6.45) is 0.185. The van der Waals surface area contributed by atoms with Crippen LogP contribution in [0.5, 0.6) is 0 Å². The zero-order chi connectivity index (χ0) is 14.0. The van der Waals surface area contributed by atoms with Gasteiger partial charge in [-0.2, -0.15) is 0 Å². The number of hydrogen-bond acceptors (Lipinski definition) is 3. The first-order chi connectivity index (χ1) is 9.73. The second-order valence-electron chi connectivity index (χ2n) is 5.15. The Labute approximate surface area is 125 Å². The smallest absolute Gasteiger partial charge is 0.123 e. The molecule has 0 saturated carbocycles. The van der Waals surface area contributed by atoms with Crippen LogP contribution in [0.1, 0.15) is 0 Å². The Bertz CT molecular complexity index is 474. The van der Waals surface area contributed by atoms with Crippen molar-refractivity contribution in [3.63, 3.8) is 0 Å². The molecule has 2 aliphatic rings. The molecule has 1 aromatic rings. The van der Waals surface area contributed by atoms with Crippen LogP contribution in [-0.4, -0.2) is 66.5 Å². The molecule has 0 aliphatic carbocycles. The Morgan fingerprint density at radius 3 is 1.90 bits per heavy atom. The minimum atomic E-state index is -1.91. The molecule has 2 fully saturated rings. The quantitative estimate of drug-likeness (QED) is 0.763. The molecule has 5 nitrogen and oxygen atoms in total. The average Bonchev–Trinajstić information content (AvgIpc) is 2.95. The van der Waals surface area contributed by atoms with Gasteiger partial charge in [0.25, 0.3) is 0 Å². The number of nitrogens with zero attached hydrogens (tertiary/aromatic N) is 3. The Hall–Kier alpha value is -0.230. The van der Waals surface area contributed by atoms with Crippen LogP contribution in [0.25, 0.3) is 0 Å². The predicted octanol–water partition coefficient (Wildman–Crippen LogP) is 0.624. The molecule has 0 aromatic carbocycles. The van der Waals surface area contributed by atoms with Crippen molar-refractivity contribution in [3.8, 4) is 0 Å². The molecule has 3 heterocycles. The summed E-state index contributed by atoms with van der Waals surface area (Å²) in [7, 11) is 2.09. The van der Waals surface area contributed by atoms with Gasteiger partial charge in [-0.25, -0.2) is 0 Å². The monoisotopic (exact) mass is 315 g/mol. The lowest BCUT2D eigenvalue weighted by molar-refractivity contribution is 0.0588. The largest absolute Gasteiger partial charge is 0.379 e. The van der Waals surface area contributed by atoms with E-state index in [-0.39, 0.29) is 0 Å². The SMILES string of the molecule is Cn1cccc1P(=S)(N1CCOCC1)N1CCOCC1. The van der Waals surface area contributed by atoms with Crippen molar-refractivity contribution < 1.29 is 9.47 Å². The maximum absolute atomic E-state index is 6.28. The summed E-state index contributed by atoms with van der Waals surface area (Å²) in [4.78, 5) is 0. The Balaban J connectivity index is 1.97. The molecule has 0 unspecified atom stereocenters. The molecular weight excluding hydrogens is 293 g/mol. The maximum Gasteiger partial charge on any atom is 0.123 e. The summed E-state index contributed by atoms with van der Waals surface area (Å²) in [5, 5.41) is 0. The van der Waals surface area contributed by atoms with E-state index in [1.54, 1.807) is 0 Å². The standard InChI is InChI=1S/C13H22N3O2PS/c1-14-4-2-3-13(14)19(20,15-5-9-17-10-6-15)16-7-11-18-12-8-16/h2-4H,5-12H2,1H3. The van der Waals surface area contributed by atoms with Gasteiger partial charge in [-0.1, -0.05) is 11.8 Å². The Morgan fingerprint density at radius 1 is 1.00 bits per heavy atom. The number of morpholine rings is 2. The highest BCUT2D eigenvalue weighted by molar-refractivity contribution is 8.15. The third kappa shape index (κ3) is 2.61. The van der Waals surface area contributed by atoms with Crippen LogP contribution in [0.3, 0.4) is 0 Å². The van der Waals surface area contributed by atoms with Crippen molar-refractivity contribution in [3.05, 3.63) is 18.3 Å². The molecule has 0 atom stereocenters. The van der Waals surface area contributed by atoms with Crippen molar-refractivity contribution in [1.82, 2.24) is 13.9 Å². The summed E-state index contributed by atoms with van der Waals surface area (Å²) >= 11 is 6.28. The van der Waals surface area contributed by atoms with Crippen LogP contribution in [0.15, 0.2) is 18.3 Å². The van der Waals surface area contributed by atoms with Crippen LogP contribution >= 0.6 is 6.34 Å². The van der Waals surface area contributed by atoms with Gasteiger partial charge in [0.05, 0.1) is 31.9 Å². The highest BCUT2D eigenvalue weighted by atomic mass is 32.4. The fourth-order valence-electron chi connectivity index (χ4n) is 2.87. The summed E-state index contributed by atoms with van der Waals surface area (Å²) in [6, 6.07) is 4.28. The molecule has 0 amide bonds. The van der Waals surface area contributed by atoms with E-state index in [1.807, 2.05) is 0 Å². The van der Waals surface area contributed by atoms with Gasteiger partial charge >= 0.3 is 0 Å². The first kappa shape index (κ1) is 14.7. The third-order valence-electron chi connectivity index (χ3n) is 3.96. The molecule has 0 spiro atoms. The highest BCUT2D eigenvalue weighted by Gasteiger charge is 2.37. The lowest BCUT2D eigenvalue weighted by atomic mass is 10.5. The summed E-state index contributed by atoms with van der Waals surface area (Å²) in [6.45, 7) is 6.86. The molecule has 2 saturated heterocycles. The zero-order valence-corrected chi connectivity index (χ0v) is 13.6. The fraction of sp³-hybridized carbons (Fsp3) is 0.692. The minimum absolute atomic E-state index is 0.785. The second kappa shape index (κ2) is 6.26. The van der Waals surface area contributed by atoms with Gasteiger partial charge in [-0.05, 0) is 12.1 Å². The lowest BCUT2D eigenvalue weighted by Gasteiger charge is -2.45. The molecule has 0 N–H and O–H groups in total. The van der Waals surface area contributed by atoms with E-state index in [1.165, 1.54) is 5.44 Å². The average molecular weight is 315 g/mol. The lowest BCUT2D eigenvalue weighted by Crippen LogP contribution is -2.47. The first-order valence-corrected chi connectivity index (χ1v) is 9.82. The number of rotatable bonds is 3. The minimum Gasteiger partial charge on any atom is -0.379 e. The van der Waals surface area contributed by atoms with Crippen LogP contribution in [0, 0.1) is 0 Å². The summed E-state index contributed by atoms with van der Waals surface area (Å²) < 4.78 is 18.2. The Morgan fingerprint density at radius 2 is 1.50 bits per heavy atom. The van der Waals surface area contributed by atoms with Crippen molar-refractivity contribution in [2.75, 3.05) is 52.6 Å². The Kier molecular flexibility index (Phi) is 4.60. The van der Waals surface area contributed by atoms with Crippen LogP contribution in [0.4, 0.5) is 0 Å². The van der Waals surface area contributed by atoms with Gasteiger partial charge in [0.1, 0.15) is 6.34 Å². The van der Waals surface area contributed by atoms with E-state index in [9.17, 15) is 0 Å². The number of aryl methyl sites for hydroxylation is 1. The molecule has 0 radical (unpaired) electrons. The van der Waals surface area contributed by atoms with E-state index >= 15 is 0 Å². The number of aromatic nitrogens is 1.